The molecule has 0 aliphatic rings. The molecule has 0 saturated heterocycles. The van der Waals surface area contributed by atoms with E-state index in [1.165, 1.54) is 12.1 Å². The molecule has 0 heterocycles. The monoisotopic (exact) mass is 216 g/mol. The number of nitrogen functional groups attached to an aromatic ring is 2. The van der Waals surface area contributed by atoms with Gasteiger partial charge >= 0.3 is 0 Å². The van der Waals surface area contributed by atoms with Crippen LogP contribution >= 0.6 is 0 Å². The molecule has 0 aliphatic heterocycles. The van der Waals surface area contributed by atoms with E-state index in [2.05, 4.69) is 0 Å². The fourth-order valence-corrected chi connectivity index (χ4v) is 1.62. The molecule has 2 nitrogen and oxygen atoms in total. The standard InChI is InChI=1S/C13H13FN2/c14-11-3-1-2-9(7-11)6-10-4-5-12(15)13(16)8-10/h1-5,7-8H,6,15-16H2. The van der Waals surface area contributed by atoms with Gasteiger partial charge in [-0.2, -0.15) is 0 Å². The van der Waals surface area contributed by atoms with E-state index in [4.69, 9.17) is 11.5 Å². The van der Waals surface area contributed by atoms with Crippen LogP contribution in [0.2, 0.25) is 0 Å². The van der Waals surface area contributed by atoms with Gasteiger partial charge in [-0.3, -0.25) is 0 Å². The van der Waals surface area contributed by atoms with Gasteiger partial charge in [-0.05, 0) is 41.8 Å². The van der Waals surface area contributed by atoms with Gasteiger partial charge in [-0.25, -0.2) is 4.39 Å². The second-order valence-corrected chi connectivity index (χ2v) is 3.77. The van der Waals surface area contributed by atoms with Crippen molar-refractivity contribution in [2.24, 2.45) is 0 Å². The van der Waals surface area contributed by atoms with Gasteiger partial charge in [-0.1, -0.05) is 18.2 Å². The average molecular weight is 216 g/mol. The molecule has 0 aliphatic carbocycles. The Bertz CT molecular complexity index is 509. The van der Waals surface area contributed by atoms with Crippen molar-refractivity contribution >= 4 is 11.4 Å². The zero-order chi connectivity index (χ0) is 11.5. The van der Waals surface area contributed by atoms with Gasteiger partial charge in [0.1, 0.15) is 5.82 Å². The zero-order valence-corrected chi connectivity index (χ0v) is 8.78. The third-order valence-electron chi connectivity index (χ3n) is 2.45. The van der Waals surface area contributed by atoms with E-state index < -0.39 is 0 Å². The Balaban J connectivity index is 2.24. The van der Waals surface area contributed by atoms with Crippen molar-refractivity contribution in [1.82, 2.24) is 0 Å². The van der Waals surface area contributed by atoms with Crippen LogP contribution in [-0.2, 0) is 6.42 Å². The van der Waals surface area contributed by atoms with Crippen molar-refractivity contribution in [3.63, 3.8) is 0 Å². The number of anilines is 2. The Labute approximate surface area is 93.7 Å². The van der Waals surface area contributed by atoms with Crippen molar-refractivity contribution in [1.29, 1.82) is 0 Å². The predicted octanol–water partition coefficient (Wildman–Crippen LogP) is 2.58. The molecule has 0 unspecified atom stereocenters. The summed E-state index contributed by atoms with van der Waals surface area (Å²) < 4.78 is 13.0. The predicted molar refractivity (Wildman–Crippen MR) is 64.5 cm³/mol. The number of benzene rings is 2. The Morgan fingerprint density at radius 2 is 1.62 bits per heavy atom. The molecular formula is C13H13FN2. The summed E-state index contributed by atoms with van der Waals surface area (Å²) >= 11 is 0. The van der Waals surface area contributed by atoms with Crippen LogP contribution in [0, 0.1) is 5.82 Å². The van der Waals surface area contributed by atoms with Gasteiger partial charge < -0.3 is 11.5 Å². The molecule has 0 aromatic heterocycles. The molecule has 82 valence electrons. The van der Waals surface area contributed by atoms with E-state index in [1.807, 2.05) is 18.2 Å². The van der Waals surface area contributed by atoms with Crippen molar-refractivity contribution < 1.29 is 4.39 Å². The molecule has 0 bridgehead atoms. The molecule has 4 N–H and O–H groups in total. The van der Waals surface area contributed by atoms with E-state index >= 15 is 0 Å². The number of hydrogen-bond acceptors (Lipinski definition) is 2. The molecule has 3 heteroatoms. The van der Waals surface area contributed by atoms with E-state index in [-0.39, 0.29) is 5.82 Å². The molecular weight excluding hydrogens is 203 g/mol. The third kappa shape index (κ3) is 2.31. The van der Waals surface area contributed by atoms with Crippen LogP contribution in [0.3, 0.4) is 0 Å². The summed E-state index contributed by atoms with van der Waals surface area (Å²) in [6, 6.07) is 12.0. The molecule has 0 radical (unpaired) electrons. The summed E-state index contributed by atoms with van der Waals surface area (Å²) in [5.74, 6) is -0.221. The summed E-state index contributed by atoms with van der Waals surface area (Å²) in [5.41, 5.74) is 14.4. The van der Waals surface area contributed by atoms with Crippen LogP contribution < -0.4 is 11.5 Å². The van der Waals surface area contributed by atoms with E-state index in [0.29, 0.717) is 17.8 Å². The lowest BCUT2D eigenvalue weighted by atomic mass is 10.0. The minimum atomic E-state index is -0.221. The van der Waals surface area contributed by atoms with Crippen molar-refractivity contribution in [3.8, 4) is 0 Å². The van der Waals surface area contributed by atoms with E-state index in [9.17, 15) is 4.39 Å². The SMILES string of the molecule is Nc1ccc(Cc2cccc(F)c2)cc1N. The molecule has 0 spiro atoms. The Morgan fingerprint density at radius 3 is 2.31 bits per heavy atom. The van der Waals surface area contributed by atoms with Crippen molar-refractivity contribution in [2.75, 3.05) is 11.5 Å². The zero-order valence-electron chi connectivity index (χ0n) is 8.78. The normalized spacial score (nSPS) is 10.3. The molecule has 2 rings (SSSR count). The van der Waals surface area contributed by atoms with Crippen molar-refractivity contribution in [2.45, 2.75) is 6.42 Å². The quantitative estimate of drug-likeness (QED) is 0.758. The molecule has 0 saturated carbocycles. The van der Waals surface area contributed by atoms with Gasteiger partial charge in [0.25, 0.3) is 0 Å². The molecule has 0 atom stereocenters. The Hall–Kier alpha value is -2.03. The number of rotatable bonds is 2. The number of nitrogens with two attached hydrogens (primary N) is 2. The first-order valence-electron chi connectivity index (χ1n) is 5.03. The molecule has 2 aromatic rings. The highest BCUT2D eigenvalue weighted by molar-refractivity contribution is 5.64. The first-order chi connectivity index (χ1) is 7.65. The maximum atomic E-state index is 13.0. The fraction of sp³-hybridized carbons (Fsp3) is 0.0769. The van der Waals surface area contributed by atoms with E-state index in [0.717, 1.165) is 11.1 Å². The van der Waals surface area contributed by atoms with Crippen LogP contribution in [0.5, 0.6) is 0 Å². The minimum absolute atomic E-state index is 0.221. The summed E-state index contributed by atoms with van der Waals surface area (Å²) in [6.45, 7) is 0. The molecule has 2 aromatic carbocycles. The van der Waals surface area contributed by atoms with Gasteiger partial charge in [0.05, 0.1) is 11.4 Å². The molecule has 16 heavy (non-hydrogen) atoms. The minimum Gasteiger partial charge on any atom is -0.397 e. The highest BCUT2D eigenvalue weighted by atomic mass is 19.1. The lowest BCUT2D eigenvalue weighted by Crippen LogP contribution is -1.96. The maximum absolute atomic E-state index is 13.0. The smallest absolute Gasteiger partial charge is 0.123 e. The third-order valence-corrected chi connectivity index (χ3v) is 2.45. The van der Waals surface area contributed by atoms with Gasteiger partial charge in [0.15, 0.2) is 0 Å². The number of halogens is 1. The average Bonchev–Trinajstić information content (AvgIpc) is 2.24. The second kappa shape index (κ2) is 4.23. The lowest BCUT2D eigenvalue weighted by molar-refractivity contribution is 0.626. The summed E-state index contributed by atoms with van der Waals surface area (Å²) in [7, 11) is 0. The second-order valence-electron chi connectivity index (χ2n) is 3.77. The van der Waals surface area contributed by atoms with Gasteiger partial charge in [0, 0.05) is 0 Å². The van der Waals surface area contributed by atoms with Gasteiger partial charge in [0.2, 0.25) is 0 Å². The first kappa shape index (κ1) is 10.5. The Kier molecular flexibility index (Phi) is 2.77. The van der Waals surface area contributed by atoms with Crippen LogP contribution in [-0.4, -0.2) is 0 Å². The van der Waals surface area contributed by atoms with Crippen LogP contribution in [0.4, 0.5) is 15.8 Å². The summed E-state index contributed by atoms with van der Waals surface area (Å²) in [4.78, 5) is 0. The van der Waals surface area contributed by atoms with Gasteiger partial charge in [-0.15, -0.1) is 0 Å². The van der Waals surface area contributed by atoms with Crippen molar-refractivity contribution in [3.05, 3.63) is 59.4 Å². The molecule has 0 amide bonds. The molecule has 0 fully saturated rings. The van der Waals surface area contributed by atoms with E-state index in [1.54, 1.807) is 12.1 Å². The lowest BCUT2D eigenvalue weighted by Gasteiger charge is -2.05. The highest BCUT2D eigenvalue weighted by Crippen LogP contribution is 2.18. The van der Waals surface area contributed by atoms with Crippen LogP contribution in [0.1, 0.15) is 11.1 Å². The maximum Gasteiger partial charge on any atom is 0.123 e. The Morgan fingerprint density at radius 1 is 0.875 bits per heavy atom. The highest BCUT2D eigenvalue weighted by Gasteiger charge is 2.00. The topological polar surface area (TPSA) is 52.0 Å². The summed E-state index contributed by atoms with van der Waals surface area (Å²) in [5, 5.41) is 0. The van der Waals surface area contributed by atoms with Crippen LogP contribution in [0.25, 0.3) is 0 Å². The largest absolute Gasteiger partial charge is 0.397 e. The number of hydrogen-bond donors (Lipinski definition) is 2. The fourth-order valence-electron chi connectivity index (χ4n) is 1.62. The first-order valence-corrected chi connectivity index (χ1v) is 5.03. The van der Waals surface area contributed by atoms with Crippen LogP contribution in [0.15, 0.2) is 42.5 Å². The summed E-state index contributed by atoms with van der Waals surface area (Å²) in [6.07, 6.45) is 0.655.